The third kappa shape index (κ3) is 3.11. The summed E-state index contributed by atoms with van der Waals surface area (Å²) in [6.07, 6.45) is 0. The van der Waals surface area contributed by atoms with Crippen molar-refractivity contribution < 1.29 is 14.3 Å². The predicted molar refractivity (Wildman–Crippen MR) is 84.0 cm³/mol. The van der Waals surface area contributed by atoms with Gasteiger partial charge >= 0.3 is 5.97 Å². The predicted octanol–water partition coefficient (Wildman–Crippen LogP) is 1.46. The number of halogens is 1. The van der Waals surface area contributed by atoms with Gasteiger partial charge in [-0.1, -0.05) is 28.1 Å². The van der Waals surface area contributed by atoms with Gasteiger partial charge in [-0.2, -0.15) is 0 Å². The number of ether oxygens (including phenoxy) is 2. The molecule has 1 atom stereocenters. The summed E-state index contributed by atoms with van der Waals surface area (Å²) < 4.78 is 11.1. The molecule has 0 aromatic heterocycles. The molecule has 0 spiro atoms. The summed E-state index contributed by atoms with van der Waals surface area (Å²) in [5, 5.41) is 0. The van der Waals surface area contributed by atoms with Gasteiger partial charge < -0.3 is 20.1 Å². The Hall–Kier alpha value is -1.18. The number of morpholine rings is 1. The number of carbonyl (C=O) groups excluding carboxylic acids is 1. The lowest BCUT2D eigenvalue weighted by Gasteiger charge is -2.36. The summed E-state index contributed by atoms with van der Waals surface area (Å²) in [6.45, 7) is 1.40. The zero-order valence-corrected chi connectivity index (χ0v) is 13.4. The molecule has 1 unspecified atom stereocenters. The van der Waals surface area contributed by atoms with E-state index >= 15 is 0 Å². The van der Waals surface area contributed by atoms with Crippen LogP contribution in [0.2, 0.25) is 0 Å². The highest BCUT2D eigenvalue weighted by Gasteiger charge is 2.32. The van der Waals surface area contributed by atoms with Crippen molar-refractivity contribution in [3.8, 4) is 0 Å². The SMILES string of the molecule is COC(=O)C1COCCN1c1cc(Br)ccc1C(N)=S. The van der Waals surface area contributed by atoms with Gasteiger partial charge in [0.05, 0.1) is 20.3 Å². The number of nitrogens with two attached hydrogens (primary N) is 1. The van der Waals surface area contributed by atoms with Crippen LogP contribution in [0.4, 0.5) is 5.69 Å². The molecular formula is C13H15BrN2O3S. The first-order valence-electron chi connectivity index (χ1n) is 6.06. The monoisotopic (exact) mass is 358 g/mol. The fourth-order valence-electron chi connectivity index (χ4n) is 2.17. The smallest absolute Gasteiger partial charge is 0.330 e. The average Bonchev–Trinajstić information content (AvgIpc) is 2.46. The number of methoxy groups -OCH3 is 1. The first-order chi connectivity index (χ1) is 9.54. The molecule has 2 N–H and O–H groups in total. The molecule has 0 bridgehead atoms. The standard InChI is InChI=1S/C13H15BrN2O3S/c1-18-13(17)11-7-19-5-4-16(11)10-6-8(14)2-3-9(10)12(15)20/h2-3,6,11H,4-5,7H2,1H3,(H2,15,20). The maximum atomic E-state index is 11.9. The Kier molecular flexibility index (Phi) is 4.95. The Morgan fingerprint density at radius 1 is 1.60 bits per heavy atom. The molecule has 108 valence electrons. The molecule has 0 saturated carbocycles. The van der Waals surface area contributed by atoms with E-state index in [1.54, 1.807) is 0 Å². The van der Waals surface area contributed by atoms with Crippen molar-refractivity contribution in [2.24, 2.45) is 5.73 Å². The Labute approximate surface area is 131 Å². The van der Waals surface area contributed by atoms with E-state index < -0.39 is 6.04 Å². The van der Waals surface area contributed by atoms with E-state index in [0.717, 1.165) is 15.7 Å². The number of benzene rings is 1. The fraction of sp³-hybridized carbons (Fsp3) is 0.385. The molecule has 1 aliphatic heterocycles. The minimum Gasteiger partial charge on any atom is -0.467 e. The third-order valence-corrected chi connectivity index (χ3v) is 3.85. The lowest BCUT2D eigenvalue weighted by Crippen LogP contribution is -2.51. The maximum absolute atomic E-state index is 11.9. The second-order valence-electron chi connectivity index (χ2n) is 4.33. The third-order valence-electron chi connectivity index (χ3n) is 3.14. The first-order valence-corrected chi connectivity index (χ1v) is 7.26. The van der Waals surface area contributed by atoms with E-state index in [2.05, 4.69) is 15.9 Å². The molecule has 2 rings (SSSR count). The second kappa shape index (κ2) is 6.51. The van der Waals surface area contributed by atoms with Crippen LogP contribution in [0.15, 0.2) is 22.7 Å². The Balaban J connectivity index is 2.44. The topological polar surface area (TPSA) is 64.8 Å². The van der Waals surface area contributed by atoms with Crippen LogP contribution in [0.5, 0.6) is 0 Å². The molecule has 0 radical (unpaired) electrons. The Morgan fingerprint density at radius 3 is 3.00 bits per heavy atom. The average molecular weight is 359 g/mol. The quantitative estimate of drug-likeness (QED) is 0.651. The summed E-state index contributed by atoms with van der Waals surface area (Å²) >= 11 is 8.51. The largest absolute Gasteiger partial charge is 0.467 e. The van der Waals surface area contributed by atoms with E-state index in [9.17, 15) is 4.79 Å². The van der Waals surface area contributed by atoms with Crippen molar-refractivity contribution in [2.45, 2.75) is 6.04 Å². The number of anilines is 1. The molecule has 1 aromatic carbocycles. The minimum absolute atomic E-state index is 0.288. The lowest BCUT2D eigenvalue weighted by molar-refractivity contribution is -0.144. The number of thiocarbonyl (C=S) groups is 1. The van der Waals surface area contributed by atoms with Crippen LogP contribution in [0, 0.1) is 0 Å². The number of hydrogen-bond donors (Lipinski definition) is 1. The van der Waals surface area contributed by atoms with Gasteiger partial charge in [0.2, 0.25) is 0 Å². The number of hydrogen-bond acceptors (Lipinski definition) is 5. The second-order valence-corrected chi connectivity index (χ2v) is 5.69. The van der Waals surface area contributed by atoms with Crippen LogP contribution >= 0.6 is 28.1 Å². The number of nitrogens with zero attached hydrogens (tertiary/aromatic N) is 1. The lowest BCUT2D eigenvalue weighted by atomic mass is 10.1. The van der Waals surface area contributed by atoms with Crippen molar-refractivity contribution in [1.29, 1.82) is 0 Å². The van der Waals surface area contributed by atoms with Gasteiger partial charge in [-0.15, -0.1) is 0 Å². The van der Waals surface area contributed by atoms with Gasteiger partial charge in [0.25, 0.3) is 0 Å². The molecule has 1 aromatic rings. The summed E-state index contributed by atoms with van der Waals surface area (Å²) in [7, 11) is 1.37. The van der Waals surface area contributed by atoms with Crippen molar-refractivity contribution in [2.75, 3.05) is 31.8 Å². The van der Waals surface area contributed by atoms with Gasteiger partial charge in [-0.25, -0.2) is 4.79 Å². The van der Waals surface area contributed by atoms with E-state index in [0.29, 0.717) is 18.1 Å². The summed E-state index contributed by atoms with van der Waals surface area (Å²) in [5.74, 6) is -0.335. The van der Waals surface area contributed by atoms with Crippen LogP contribution in [0.25, 0.3) is 0 Å². The van der Waals surface area contributed by atoms with E-state index in [-0.39, 0.29) is 12.6 Å². The summed E-state index contributed by atoms with van der Waals surface area (Å²) in [5.41, 5.74) is 7.31. The van der Waals surface area contributed by atoms with Crippen molar-refractivity contribution in [1.82, 2.24) is 0 Å². The molecule has 5 nitrogen and oxygen atoms in total. The maximum Gasteiger partial charge on any atom is 0.330 e. The van der Waals surface area contributed by atoms with Gasteiger partial charge in [0.1, 0.15) is 4.99 Å². The van der Waals surface area contributed by atoms with Gasteiger partial charge in [0, 0.05) is 22.3 Å². The highest BCUT2D eigenvalue weighted by molar-refractivity contribution is 9.10. The van der Waals surface area contributed by atoms with Crippen molar-refractivity contribution in [3.63, 3.8) is 0 Å². The molecule has 1 fully saturated rings. The van der Waals surface area contributed by atoms with Crippen LogP contribution in [0.3, 0.4) is 0 Å². The van der Waals surface area contributed by atoms with E-state index in [1.807, 2.05) is 23.1 Å². The molecule has 0 amide bonds. The van der Waals surface area contributed by atoms with Gasteiger partial charge in [-0.3, -0.25) is 0 Å². The number of esters is 1. The normalized spacial score (nSPS) is 18.7. The van der Waals surface area contributed by atoms with E-state index in [4.69, 9.17) is 27.4 Å². The summed E-state index contributed by atoms with van der Waals surface area (Å²) in [6, 6.07) is 5.11. The zero-order valence-electron chi connectivity index (χ0n) is 11.0. The molecule has 1 aliphatic rings. The Morgan fingerprint density at radius 2 is 2.35 bits per heavy atom. The summed E-state index contributed by atoms with van der Waals surface area (Å²) in [4.78, 5) is 14.1. The van der Waals surface area contributed by atoms with Crippen LogP contribution < -0.4 is 10.6 Å². The molecule has 0 aliphatic carbocycles. The highest BCUT2D eigenvalue weighted by Crippen LogP contribution is 2.28. The van der Waals surface area contributed by atoms with Crippen LogP contribution in [-0.2, 0) is 14.3 Å². The number of carbonyl (C=O) groups is 1. The molecule has 1 saturated heterocycles. The molecule has 20 heavy (non-hydrogen) atoms. The van der Waals surface area contributed by atoms with Crippen LogP contribution in [0.1, 0.15) is 5.56 Å². The van der Waals surface area contributed by atoms with Crippen LogP contribution in [-0.4, -0.2) is 43.9 Å². The van der Waals surface area contributed by atoms with Crippen molar-refractivity contribution in [3.05, 3.63) is 28.2 Å². The van der Waals surface area contributed by atoms with E-state index in [1.165, 1.54) is 7.11 Å². The van der Waals surface area contributed by atoms with Gasteiger partial charge in [0.15, 0.2) is 6.04 Å². The Bertz CT molecular complexity index is 538. The molecular weight excluding hydrogens is 344 g/mol. The molecule has 7 heteroatoms. The van der Waals surface area contributed by atoms with Gasteiger partial charge in [-0.05, 0) is 18.2 Å². The molecule has 1 heterocycles. The fourth-order valence-corrected chi connectivity index (χ4v) is 2.70. The highest BCUT2D eigenvalue weighted by atomic mass is 79.9. The van der Waals surface area contributed by atoms with Crippen molar-refractivity contribution >= 4 is 44.8 Å². The first kappa shape index (κ1) is 15.2. The zero-order chi connectivity index (χ0) is 14.7. The minimum atomic E-state index is -0.490. The number of rotatable bonds is 3.